The van der Waals surface area contributed by atoms with Gasteiger partial charge in [-0.15, -0.1) is 0 Å². The van der Waals surface area contributed by atoms with Crippen LogP contribution in [-0.2, 0) is 24.2 Å². The lowest BCUT2D eigenvalue weighted by Gasteiger charge is -2.27. The van der Waals surface area contributed by atoms with Gasteiger partial charge in [-0.05, 0) is 84.7 Å². The normalized spacial score (nSPS) is 14.3. The molecule has 0 bridgehead atoms. The van der Waals surface area contributed by atoms with Gasteiger partial charge in [0, 0.05) is 24.3 Å². The maximum atomic E-state index is 14.1. The summed E-state index contributed by atoms with van der Waals surface area (Å²) in [5.41, 5.74) is 3.85. The molecule has 47 heavy (non-hydrogen) atoms. The van der Waals surface area contributed by atoms with Crippen molar-refractivity contribution in [1.82, 2.24) is 14.9 Å². The molecule has 1 aromatic heterocycles. The lowest BCUT2D eigenvalue weighted by atomic mass is 10.0. The number of benzene rings is 3. The maximum absolute atomic E-state index is 14.1. The van der Waals surface area contributed by atoms with Crippen LogP contribution < -0.4 is 14.4 Å². The molecule has 10 heteroatoms. The van der Waals surface area contributed by atoms with E-state index >= 15 is 0 Å². The van der Waals surface area contributed by atoms with Crippen molar-refractivity contribution in [3.63, 3.8) is 0 Å². The molecule has 2 heterocycles. The summed E-state index contributed by atoms with van der Waals surface area (Å²) < 4.78 is 11.1. The Labute approximate surface area is 281 Å². The number of hydrogen-bond donors (Lipinski definition) is 1. The van der Waals surface area contributed by atoms with E-state index in [4.69, 9.17) is 26.1 Å². The molecule has 9 nitrogen and oxygen atoms in total. The fourth-order valence-corrected chi connectivity index (χ4v) is 5.84. The number of carboxylic acids is 1. The predicted molar refractivity (Wildman–Crippen MR) is 182 cm³/mol. The van der Waals surface area contributed by atoms with Crippen molar-refractivity contribution in [2.45, 2.75) is 52.1 Å². The van der Waals surface area contributed by atoms with Gasteiger partial charge in [0.25, 0.3) is 5.91 Å². The summed E-state index contributed by atoms with van der Waals surface area (Å²) in [7, 11) is 1.58. The summed E-state index contributed by atoms with van der Waals surface area (Å²) in [5, 5.41) is 10.4. The number of aromatic nitrogens is 2. The average molecular weight is 657 g/mol. The van der Waals surface area contributed by atoms with Crippen molar-refractivity contribution >= 4 is 29.4 Å². The van der Waals surface area contributed by atoms with E-state index in [0.29, 0.717) is 53.3 Å². The van der Waals surface area contributed by atoms with Crippen LogP contribution >= 0.6 is 11.6 Å². The number of rotatable bonds is 14. The summed E-state index contributed by atoms with van der Waals surface area (Å²) in [6.07, 6.45) is 4.57. The highest BCUT2D eigenvalue weighted by molar-refractivity contribution is 6.30. The highest BCUT2D eigenvalue weighted by Crippen LogP contribution is 2.35. The number of amides is 1. The smallest absolute Gasteiger partial charge is 0.323 e. The van der Waals surface area contributed by atoms with Gasteiger partial charge in [0.15, 0.2) is 0 Å². The second-order valence-electron chi connectivity index (χ2n) is 12.2. The number of carbonyl (C=O) groups excluding carboxylic acids is 1. The monoisotopic (exact) mass is 656 g/mol. The summed E-state index contributed by atoms with van der Waals surface area (Å²) in [6, 6.07) is 23.1. The minimum absolute atomic E-state index is 0.0821. The number of aliphatic carboxylic acids is 1. The molecule has 0 aliphatic carbocycles. The van der Waals surface area contributed by atoms with Crippen LogP contribution in [0.1, 0.15) is 65.5 Å². The number of hydrogen-bond acceptors (Lipinski definition) is 7. The number of nitrogens with zero attached hydrogens (tertiary/aromatic N) is 4. The molecule has 3 aromatic carbocycles. The fraction of sp³-hybridized carbons (Fsp3) is 0.351. The van der Waals surface area contributed by atoms with Crippen LogP contribution in [0.2, 0.25) is 5.02 Å². The Morgan fingerprint density at radius 3 is 2.32 bits per heavy atom. The lowest BCUT2D eigenvalue weighted by Crippen LogP contribution is -2.36. The van der Waals surface area contributed by atoms with Crippen molar-refractivity contribution < 1.29 is 24.2 Å². The summed E-state index contributed by atoms with van der Waals surface area (Å²) >= 11 is 6.16. The molecular formula is C37H41ClN4O5. The summed E-state index contributed by atoms with van der Waals surface area (Å²) in [6.45, 7) is 5.29. The molecule has 0 radical (unpaired) electrons. The molecule has 1 unspecified atom stereocenters. The Kier molecular flexibility index (Phi) is 11.3. The first kappa shape index (κ1) is 33.7. The Morgan fingerprint density at radius 2 is 1.66 bits per heavy atom. The molecule has 0 spiro atoms. The van der Waals surface area contributed by atoms with Gasteiger partial charge in [-0.3, -0.25) is 9.59 Å². The minimum atomic E-state index is -1.10. The molecule has 5 rings (SSSR count). The summed E-state index contributed by atoms with van der Waals surface area (Å²) in [5.74, 6) is 0.929. The zero-order valence-corrected chi connectivity index (χ0v) is 27.8. The SMILES string of the molecule is COc1ccc(CN(CC(=O)O)C(=O)c2cnc(N3CCCC3c3ccc(Cl)cc3)nc2CCc2ccc(OCC(C)C)cc2)cc1. The number of carbonyl (C=O) groups is 2. The van der Waals surface area contributed by atoms with Gasteiger partial charge in [0.2, 0.25) is 5.95 Å². The largest absolute Gasteiger partial charge is 0.497 e. The molecule has 1 fully saturated rings. The molecule has 1 aliphatic rings. The van der Waals surface area contributed by atoms with E-state index in [1.54, 1.807) is 25.4 Å². The van der Waals surface area contributed by atoms with E-state index in [9.17, 15) is 14.7 Å². The number of anilines is 1. The summed E-state index contributed by atoms with van der Waals surface area (Å²) in [4.78, 5) is 39.1. The fourth-order valence-electron chi connectivity index (χ4n) is 5.71. The van der Waals surface area contributed by atoms with E-state index in [1.807, 2.05) is 60.7 Å². The van der Waals surface area contributed by atoms with Gasteiger partial charge < -0.3 is 24.4 Å². The van der Waals surface area contributed by atoms with Crippen LogP contribution in [0.25, 0.3) is 0 Å². The number of halogens is 1. The van der Waals surface area contributed by atoms with Crippen LogP contribution in [-0.4, -0.2) is 58.7 Å². The maximum Gasteiger partial charge on any atom is 0.323 e. The van der Waals surface area contributed by atoms with Crippen molar-refractivity contribution in [1.29, 1.82) is 0 Å². The van der Waals surface area contributed by atoms with Crippen LogP contribution in [0.3, 0.4) is 0 Å². The number of ether oxygens (including phenoxy) is 2. The van der Waals surface area contributed by atoms with Gasteiger partial charge in [-0.1, -0.05) is 61.8 Å². The lowest BCUT2D eigenvalue weighted by molar-refractivity contribution is -0.137. The van der Waals surface area contributed by atoms with Crippen molar-refractivity contribution in [2.75, 3.05) is 31.7 Å². The van der Waals surface area contributed by atoms with Crippen LogP contribution in [0.4, 0.5) is 5.95 Å². The molecule has 1 N–H and O–H groups in total. The van der Waals surface area contributed by atoms with Gasteiger partial charge in [-0.2, -0.15) is 0 Å². The number of aryl methyl sites for hydroxylation is 2. The van der Waals surface area contributed by atoms with Gasteiger partial charge in [-0.25, -0.2) is 9.97 Å². The molecule has 1 saturated heterocycles. The third-order valence-corrected chi connectivity index (χ3v) is 8.40. The molecule has 4 aromatic rings. The molecule has 0 saturated carbocycles. The zero-order valence-electron chi connectivity index (χ0n) is 27.1. The molecule has 1 amide bonds. The van der Waals surface area contributed by atoms with Crippen LogP contribution in [0.5, 0.6) is 11.5 Å². The topological polar surface area (TPSA) is 105 Å². The third kappa shape index (κ3) is 9.01. The zero-order chi connectivity index (χ0) is 33.3. The van der Waals surface area contributed by atoms with Crippen molar-refractivity contribution in [3.8, 4) is 11.5 Å². The Bertz CT molecular complexity index is 1650. The molecular weight excluding hydrogens is 616 g/mol. The average Bonchev–Trinajstić information content (AvgIpc) is 3.57. The quantitative estimate of drug-likeness (QED) is 0.154. The standard InChI is InChI=1S/C37H41ClN4O5/c1-25(2)24-47-31-17-6-26(7-18-31)10-19-33-32(36(45)41(23-35(43)44)22-27-8-15-30(46-3)16-9-27)21-39-37(40-33)42-20-4-5-34(42)28-11-13-29(38)14-12-28/h6-9,11-18,21,25,34H,4-5,10,19-20,22-24H2,1-3H3,(H,43,44). The minimum Gasteiger partial charge on any atom is -0.497 e. The van der Waals surface area contributed by atoms with Gasteiger partial charge in [0.1, 0.15) is 18.0 Å². The van der Waals surface area contributed by atoms with Crippen molar-refractivity contribution in [2.24, 2.45) is 5.92 Å². The second-order valence-corrected chi connectivity index (χ2v) is 12.6. The third-order valence-electron chi connectivity index (χ3n) is 8.15. The van der Waals surface area contributed by atoms with E-state index in [-0.39, 0.29) is 12.6 Å². The first-order valence-electron chi connectivity index (χ1n) is 15.9. The van der Waals surface area contributed by atoms with Crippen LogP contribution in [0, 0.1) is 5.92 Å². The predicted octanol–water partition coefficient (Wildman–Crippen LogP) is 7.03. The first-order valence-corrected chi connectivity index (χ1v) is 16.3. The Balaban J connectivity index is 1.44. The number of carboxylic acid groups (broad SMARTS) is 1. The second kappa shape index (κ2) is 15.8. The molecule has 246 valence electrons. The molecule has 1 aliphatic heterocycles. The Morgan fingerprint density at radius 1 is 0.979 bits per heavy atom. The Hall–Kier alpha value is -4.63. The van der Waals surface area contributed by atoms with E-state index in [1.165, 1.54) is 4.90 Å². The van der Waals surface area contributed by atoms with E-state index < -0.39 is 18.4 Å². The van der Waals surface area contributed by atoms with Gasteiger partial charge in [0.05, 0.1) is 31.0 Å². The molecule has 1 atom stereocenters. The number of methoxy groups -OCH3 is 1. The van der Waals surface area contributed by atoms with E-state index in [0.717, 1.165) is 41.8 Å². The highest BCUT2D eigenvalue weighted by Gasteiger charge is 2.30. The first-order chi connectivity index (χ1) is 22.7. The van der Waals surface area contributed by atoms with Crippen molar-refractivity contribution in [3.05, 3.63) is 112 Å². The highest BCUT2D eigenvalue weighted by atomic mass is 35.5. The van der Waals surface area contributed by atoms with Gasteiger partial charge >= 0.3 is 5.97 Å². The van der Waals surface area contributed by atoms with Crippen LogP contribution in [0.15, 0.2) is 79.0 Å². The van der Waals surface area contributed by atoms with E-state index in [2.05, 4.69) is 23.7 Å².